The van der Waals surface area contributed by atoms with Gasteiger partial charge in [0.25, 0.3) is 0 Å². The molecule has 1 aromatic carbocycles. The van der Waals surface area contributed by atoms with Crippen LogP contribution in [0.4, 0.5) is 0 Å². The Morgan fingerprint density at radius 3 is 2.29 bits per heavy atom. The van der Waals surface area contributed by atoms with Gasteiger partial charge in [0.2, 0.25) is 0 Å². The number of rotatable bonds is 3. The summed E-state index contributed by atoms with van der Waals surface area (Å²) in [5.74, 6) is 0.926. The Balaban J connectivity index is 0.000000980. The van der Waals surface area contributed by atoms with E-state index in [9.17, 15) is 0 Å². The smallest absolute Gasteiger partial charge is 0.119 e. The van der Waals surface area contributed by atoms with Gasteiger partial charge in [0.15, 0.2) is 0 Å². The molecule has 0 unspecified atom stereocenters. The summed E-state index contributed by atoms with van der Waals surface area (Å²) >= 11 is 0. The number of nitrogens with two attached hydrogens (primary N) is 1. The maximum absolute atomic E-state index is 6.05. The average Bonchev–Trinajstić information content (AvgIpc) is 2.87. The van der Waals surface area contributed by atoms with Crippen LogP contribution in [-0.4, -0.2) is 6.61 Å². The van der Waals surface area contributed by atoms with E-state index in [1.807, 2.05) is 19.1 Å². The molecule has 1 aliphatic rings. The molecule has 0 aliphatic heterocycles. The molecule has 0 saturated heterocycles. The largest absolute Gasteiger partial charge is 0.494 e. The van der Waals surface area contributed by atoms with Crippen LogP contribution in [-0.2, 0) is 5.54 Å². The first kappa shape index (κ1) is 11.3. The first-order valence-corrected chi connectivity index (χ1v) is 4.77. The SMILES string of the molecule is CCOc1ccc(C2(N)CC2)cc1.Cl. The zero-order chi connectivity index (χ0) is 9.31. The highest BCUT2D eigenvalue weighted by Gasteiger charge is 2.39. The summed E-state index contributed by atoms with van der Waals surface area (Å²) in [6.45, 7) is 2.70. The van der Waals surface area contributed by atoms with Crippen molar-refractivity contribution in [1.82, 2.24) is 0 Å². The Morgan fingerprint density at radius 1 is 1.29 bits per heavy atom. The van der Waals surface area contributed by atoms with Gasteiger partial charge in [0, 0.05) is 5.54 Å². The van der Waals surface area contributed by atoms with Crippen LogP contribution in [0.3, 0.4) is 0 Å². The van der Waals surface area contributed by atoms with E-state index in [1.165, 1.54) is 5.56 Å². The first-order valence-electron chi connectivity index (χ1n) is 4.77. The average molecular weight is 214 g/mol. The van der Waals surface area contributed by atoms with Crippen molar-refractivity contribution in [3.63, 3.8) is 0 Å². The van der Waals surface area contributed by atoms with Crippen LogP contribution in [0.1, 0.15) is 25.3 Å². The standard InChI is InChI=1S/C11H15NO.ClH/c1-2-13-10-5-3-9(4-6-10)11(12)7-8-11;/h3-6H,2,7-8,12H2,1H3;1H. The van der Waals surface area contributed by atoms with Crippen LogP contribution in [0.15, 0.2) is 24.3 Å². The molecule has 0 heterocycles. The van der Waals surface area contributed by atoms with Gasteiger partial charge in [-0.3, -0.25) is 0 Å². The fourth-order valence-corrected chi connectivity index (χ4v) is 1.47. The summed E-state index contributed by atoms with van der Waals surface area (Å²) in [4.78, 5) is 0. The van der Waals surface area contributed by atoms with E-state index < -0.39 is 0 Å². The summed E-state index contributed by atoms with van der Waals surface area (Å²) in [5, 5.41) is 0. The van der Waals surface area contributed by atoms with Crippen LogP contribution in [0.5, 0.6) is 5.75 Å². The lowest BCUT2D eigenvalue weighted by Crippen LogP contribution is -2.18. The maximum Gasteiger partial charge on any atom is 0.119 e. The zero-order valence-corrected chi connectivity index (χ0v) is 9.14. The molecule has 1 aliphatic carbocycles. The molecule has 0 atom stereocenters. The van der Waals surface area contributed by atoms with Crippen LogP contribution in [0.25, 0.3) is 0 Å². The van der Waals surface area contributed by atoms with E-state index in [1.54, 1.807) is 0 Å². The molecule has 0 bridgehead atoms. The third-order valence-electron chi connectivity index (χ3n) is 2.53. The van der Waals surface area contributed by atoms with E-state index >= 15 is 0 Å². The highest BCUT2D eigenvalue weighted by atomic mass is 35.5. The van der Waals surface area contributed by atoms with E-state index in [0.29, 0.717) is 6.61 Å². The summed E-state index contributed by atoms with van der Waals surface area (Å²) in [7, 11) is 0. The Morgan fingerprint density at radius 2 is 1.86 bits per heavy atom. The first-order chi connectivity index (χ1) is 6.24. The second kappa shape index (κ2) is 4.20. The molecule has 14 heavy (non-hydrogen) atoms. The lowest BCUT2D eigenvalue weighted by atomic mass is 10.1. The lowest BCUT2D eigenvalue weighted by molar-refractivity contribution is 0.340. The lowest BCUT2D eigenvalue weighted by Gasteiger charge is -2.09. The minimum Gasteiger partial charge on any atom is -0.494 e. The van der Waals surface area contributed by atoms with Crippen molar-refractivity contribution in [2.75, 3.05) is 6.61 Å². The predicted octanol–water partition coefficient (Wildman–Crippen LogP) is 2.45. The molecule has 0 amide bonds. The second-order valence-electron chi connectivity index (χ2n) is 3.61. The van der Waals surface area contributed by atoms with Crippen LogP contribution in [0.2, 0.25) is 0 Å². The highest BCUT2D eigenvalue weighted by Crippen LogP contribution is 2.42. The van der Waals surface area contributed by atoms with Crippen molar-refractivity contribution >= 4 is 12.4 Å². The fraction of sp³-hybridized carbons (Fsp3) is 0.455. The van der Waals surface area contributed by atoms with Crippen LogP contribution < -0.4 is 10.5 Å². The van der Waals surface area contributed by atoms with Crippen molar-refractivity contribution in [3.8, 4) is 5.75 Å². The third kappa shape index (κ3) is 2.20. The Kier molecular flexibility index (Phi) is 3.40. The second-order valence-corrected chi connectivity index (χ2v) is 3.61. The molecule has 1 saturated carbocycles. The Hall–Kier alpha value is -0.730. The molecule has 0 aromatic heterocycles. The normalized spacial score (nSPS) is 17.0. The van der Waals surface area contributed by atoms with Crippen molar-refractivity contribution < 1.29 is 4.74 Å². The third-order valence-corrected chi connectivity index (χ3v) is 2.53. The van der Waals surface area contributed by atoms with Crippen LogP contribution >= 0.6 is 12.4 Å². The van der Waals surface area contributed by atoms with Gasteiger partial charge in [0.05, 0.1) is 6.61 Å². The van der Waals surface area contributed by atoms with Gasteiger partial charge in [-0.1, -0.05) is 12.1 Å². The van der Waals surface area contributed by atoms with Crippen molar-refractivity contribution in [1.29, 1.82) is 0 Å². The zero-order valence-electron chi connectivity index (χ0n) is 8.32. The van der Waals surface area contributed by atoms with E-state index in [4.69, 9.17) is 10.5 Å². The van der Waals surface area contributed by atoms with Crippen molar-refractivity contribution in [2.24, 2.45) is 5.73 Å². The molecule has 0 spiro atoms. The van der Waals surface area contributed by atoms with E-state index in [-0.39, 0.29) is 17.9 Å². The minimum absolute atomic E-state index is 0. The molecular formula is C11H16ClNO. The predicted molar refractivity (Wildman–Crippen MR) is 60.0 cm³/mol. The van der Waals surface area contributed by atoms with Gasteiger partial charge < -0.3 is 10.5 Å². The number of halogens is 1. The molecule has 0 radical (unpaired) electrons. The van der Waals surface area contributed by atoms with Gasteiger partial charge >= 0.3 is 0 Å². The van der Waals surface area contributed by atoms with E-state index in [2.05, 4.69) is 12.1 Å². The van der Waals surface area contributed by atoms with Crippen LogP contribution in [0, 0.1) is 0 Å². The molecule has 1 aromatic rings. The van der Waals surface area contributed by atoms with Gasteiger partial charge in [-0.05, 0) is 37.5 Å². The van der Waals surface area contributed by atoms with Crippen molar-refractivity contribution in [2.45, 2.75) is 25.3 Å². The number of benzene rings is 1. The summed E-state index contributed by atoms with van der Waals surface area (Å²) in [6.07, 6.45) is 2.22. The molecule has 2 N–H and O–H groups in total. The van der Waals surface area contributed by atoms with Crippen molar-refractivity contribution in [3.05, 3.63) is 29.8 Å². The quantitative estimate of drug-likeness (QED) is 0.837. The Labute approximate surface area is 90.9 Å². The van der Waals surface area contributed by atoms with E-state index in [0.717, 1.165) is 18.6 Å². The number of hydrogen-bond donors (Lipinski definition) is 1. The molecule has 3 heteroatoms. The molecule has 2 nitrogen and oxygen atoms in total. The summed E-state index contributed by atoms with van der Waals surface area (Å²) < 4.78 is 5.35. The highest BCUT2D eigenvalue weighted by molar-refractivity contribution is 5.85. The fourth-order valence-electron chi connectivity index (χ4n) is 1.47. The van der Waals surface area contributed by atoms with Gasteiger partial charge in [-0.15, -0.1) is 12.4 Å². The topological polar surface area (TPSA) is 35.2 Å². The van der Waals surface area contributed by atoms with Gasteiger partial charge in [0.1, 0.15) is 5.75 Å². The molecule has 78 valence electrons. The van der Waals surface area contributed by atoms with Gasteiger partial charge in [-0.2, -0.15) is 0 Å². The molecule has 2 rings (SSSR count). The molecule has 1 fully saturated rings. The Bertz CT molecular complexity index is 293. The number of hydrogen-bond acceptors (Lipinski definition) is 2. The minimum atomic E-state index is -0.0231. The molecular weight excluding hydrogens is 198 g/mol. The monoisotopic (exact) mass is 213 g/mol. The number of ether oxygens (including phenoxy) is 1. The summed E-state index contributed by atoms with van der Waals surface area (Å²) in [6, 6.07) is 8.12. The summed E-state index contributed by atoms with van der Waals surface area (Å²) in [5.41, 5.74) is 7.26. The maximum atomic E-state index is 6.05. The van der Waals surface area contributed by atoms with Gasteiger partial charge in [-0.25, -0.2) is 0 Å².